The number of ether oxygens (including phenoxy) is 2. The third-order valence-corrected chi connectivity index (χ3v) is 5.17. The fourth-order valence-electron chi connectivity index (χ4n) is 3.61. The maximum absolute atomic E-state index is 13.4. The molecule has 4 rings (SSSR count). The van der Waals surface area contributed by atoms with E-state index in [1.807, 2.05) is 73.7 Å². The van der Waals surface area contributed by atoms with Crippen LogP contribution in [0.5, 0.6) is 11.5 Å². The van der Waals surface area contributed by atoms with Crippen molar-refractivity contribution < 1.29 is 9.47 Å². The van der Waals surface area contributed by atoms with E-state index < -0.39 is 0 Å². The molecule has 31 heavy (non-hydrogen) atoms. The summed E-state index contributed by atoms with van der Waals surface area (Å²) in [5.41, 5.74) is 3.38. The maximum atomic E-state index is 13.4. The third kappa shape index (κ3) is 4.08. The number of fused-ring (bicyclic) bond motifs is 1. The Kier molecular flexibility index (Phi) is 5.85. The number of benzene rings is 3. The molecule has 0 spiro atoms. The quantitative estimate of drug-likeness (QED) is 0.401. The number of para-hydroxylation sites is 2. The van der Waals surface area contributed by atoms with Gasteiger partial charge in [-0.3, -0.25) is 9.36 Å². The minimum absolute atomic E-state index is 0.117. The first-order chi connectivity index (χ1) is 15.1. The Labute approximate surface area is 181 Å². The monoisotopic (exact) mass is 412 g/mol. The molecule has 1 heterocycles. The van der Waals surface area contributed by atoms with Gasteiger partial charge in [0.2, 0.25) is 0 Å². The highest BCUT2D eigenvalue weighted by Crippen LogP contribution is 2.29. The zero-order valence-electron chi connectivity index (χ0n) is 17.7. The topological polar surface area (TPSA) is 53.3 Å². The van der Waals surface area contributed by atoms with Crippen molar-refractivity contribution in [1.82, 2.24) is 9.55 Å². The second-order valence-corrected chi connectivity index (χ2v) is 7.24. The summed E-state index contributed by atoms with van der Waals surface area (Å²) in [6.07, 6.45) is 2.59. The Balaban J connectivity index is 1.79. The third-order valence-electron chi connectivity index (χ3n) is 5.17. The van der Waals surface area contributed by atoms with Gasteiger partial charge in [-0.1, -0.05) is 42.5 Å². The zero-order chi connectivity index (χ0) is 21.8. The van der Waals surface area contributed by atoms with Crippen LogP contribution in [0.25, 0.3) is 16.6 Å². The van der Waals surface area contributed by atoms with E-state index in [2.05, 4.69) is 6.58 Å². The summed E-state index contributed by atoms with van der Waals surface area (Å²) in [6, 6.07) is 20.9. The van der Waals surface area contributed by atoms with Gasteiger partial charge in [-0.2, -0.15) is 0 Å². The summed E-state index contributed by atoms with van der Waals surface area (Å²) in [7, 11) is 1.61. The van der Waals surface area contributed by atoms with Crippen LogP contribution in [-0.2, 0) is 13.0 Å². The van der Waals surface area contributed by atoms with Crippen LogP contribution < -0.4 is 15.0 Å². The Morgan fingerprint density at radius 1 is 1.03 bits per heavy atom. The maximum Gasteiger partial charge on any atom is 0.266 e. The van der Waals surface area contributed by atoms with Crippen molar-refractivity contribution in [3.05, 3.63) is 107 Å². The van der Waals surface area contributed by atoms with Crippen molar-refractivity contribution in [2.45, 2.75) is 20.0 Å². The SMILES string of the molecule is C=CCc1ccc(OCc2nc3ccccc3c(=O)n2-c2ccccc2C)c(OC)c1. The summed E-state index contributed by atoms with van der Waals surface area (Å²) < 4.78 is 13.2. The van der Waals surface area contributed by atoms with Crippen molar-refractivity contribution in [3.63, 3.8) is 0 Å². The number of hydrogen-bond acceptors (Lipinski definition) is 4. The van der Waals surface area contributed by atoms with E-state index in [4.69, 9.17) is 14.5 Å². The van der Waals surface area contributed by atoms with Gasteiger partial charge >= 0.3 is 0 Å². The van der Waals surface area contributed by atoms with E-state index in [0.717, 1.165) is 23.2 Å². The van der Waals surface area contributed by atoms with Gasteiger partial charge in [0.25, 0.3) is 5.56 Å². The molecule has 0 N–H and O–H groups in total. The zero-order valence-corrected chi connectivity index (χ0v) is 17.7. The van der Waals surface area contributed by atoms with Crippen LogP contribution in [-0.4, -0.2) is 16.7 Å². The first kappa shape index (κ1) is 20.4. The standard InChI is InChI=1S/C26H24N2O3/c1-4-9-19-14-15-23(24(16-19)30-3)31-17-25-27-21-12-7-6-11-20(21)26(29)28(25)22-13-8-5-10-18(22)2/h4-8,10-16H,1,9,17H2,2-3H3. The number of nitrogens with zero attached hydrogens (tertiary/aromatic N) is 2. The largest absolute Gasteiger partial charge is 0.493 e. The number of aryl methyl sites for hydroxylation is 1. The molecule has 0 saturated heterocycles. The van der Waals surface area contributed by atoms with Gasteiger partial charge in [0.15, 0.2) is 17.3 Å². The molecular weight excluding hydrogens is 388 g/mol. The van der Waals surface area contributed by atoms with Crippen LogP contribution in [0.4, 0.5) is 0 Å². The predicted molar refractivity (Wildman–Crippen MR) is 123 cm³/mol. The molecule has 0 radical (unpaired) electrons. The van der Waals surface area contributed by atoms with Crippen LogP contribution in [0.15, 0.2) is 84.2 Å². The summed E-state index contributed by atoms with van der Waals surface area (Å²) >= 11 is 0. The van der Waals surface area contributed by atoms with Gasteiger partial charge in [-0.05, 0) is 54.8 Å². The van der Waals surface area contributed by atoms with E-state index in [9.17, 15) is 4.79 Å². The molecule has 0 amide bonds. The van der Waals surface area contributed by atoms with Crippen molar-refractivity contribution in [3.8, 4) is 17.2 Å². The first-order valence-electron chi connectivity index (χ1n) is 10.1. The molecule has 0 bridgehead atoms. The molecule has 0 aliphatic carbocycles. The average Bonchev–Trinajstić information content (AvgIpc) is 2.79. The van der Waals surface area contributed by atoms with Crippen LogP contribution in [0.2, 0.25) is 0 Å². The highest BCUT2D eigenvalue weighted by molar-refractivity contribution is 5.77. The molecule has 0 aliphatic rings. The second kappa shape index (κ2) is 8.88. The number of allylic oxidation sites excluding steroid dienone is 1. The van der Waals surface area contributed by atoms with Gasteiger partial charge in [0.1, 0.15) is 6.61 Å². The first-order valence-corrected chi connectivity index (χ1v) is 10.1. The molecular formula is C26H24N2O3. The van der Waals surface area contributed by atoms with Crippen molar-refractivity contribution in [2.24, 2.45) is 0 Å². The summed E-state index contributed by atoms with van der Waals surface area (Å²) in [5, 5.41) is 0.570. The lowest BCUT2D eigenvalue weighted by Gasteiger charge is -2.17. The molecule has 1 aromatic heterocycles. The van der Waals surface area contributed by atoms with Gasteiger partial charge in [0.05, 0.1) is 23.7 Å². The van der Waals surface area contributed by atoms with Crippen LogP contribution in [0.1, 0.15) is 17.0 Å². The lowest BCUT2D eigenvalue weighted by atomic mass is 10.1. The molecule has 3 aromatic carbocycles. The molecule has 5 nitrogen and oxygen atoms in total. The second-order valence-electron chi connectivity index (χ2n) is 7.24. The van der Waals surface area contributed by atoms with Crippen LogP contribution in [0, 0.1) is 6.92 Å². The van der Waals surface area contributed by atoms with Crippen LogP contribution in [0.3, 0.4) is 0 Å². The average molecular weight is 412 g/mol. The minimum Gasteiger partial charge on any atom is -0.493 e. The molecule has 0 atom stereocenters. The van der Waals surface area contributed by atoms with Crippen molar-refractivity contribution in [2.75, 3.05) is 7.11 Å². The normalized spacial score (nSPS) is 10.8. The van der Waals surface area contributed by atoms with E-state index in [1.165, 1.54) is 0 Å². The lowest BCUT2D eigenvalue weighted by Crippen LogP contribution is -2.25. The fourth-order valence-corrected chi connectivity index (χ4v) is 3.61. The lowest BCUT2D eigenvalue weighted by molar-refractivity contribution is 0.273. The minimum atomic E-state index is -0.119. The molecule has 0 saturated carbocycles. The number of methoxy groups -OCH3 is 1. The van der Waals surface area contributed by atoms with Crippen molar-refractivity contribution in [1.29, 1.82) is 0 Å². The van der Waals surface area contributed by atoms with Crippen molar-refractivity contribution >= 4 is 10.9 Å². The Hall–Kier alpha value is -3.86. The summed E-state index contributed by atoms with van der Waals surface area (Å²) in [5.74, 6) is 1.74. The highest BCUT2D eigenvalue weighted by atomic mass is 16.5. The molecule has 0 unspecified atom stereocenters. The smallest absolute Gasteiger partial charge is 0.266 e. The van der Waals surface area contributed by atoms with E-state index in [-0.39, 0.29) is 12.2 Å². The van der Waals surface area contributed by atoms with Gasteiger partial charge in [-0.25, -0.2) is 4.98 Å². The molecule has 5 heteroatoms. The number of aromatic nitrogens is 2. The number of hydrogen-bond donors (Lipinski definition) is 0. The van der Waals surface area contributed by atoms with Gasteiger partial charge < -0.3 is 9.47 Å². The van der Waals surface area contributed by atoms with E-state index in [0.29, 0.717) is 28.2 Å². The summed E-state index contributed by atoms with van der Waals surface area (Å²) in [6.45, 7) is 5.87. The summed E-state index contributed by atoms with van der Waals surface area (Å²) in [4.78, 5) is 18.1. The van der Waals surface area contributed by atoms with Crippen LogP contribution >= 0.6 is 0 Å². The molecule has 4 aromatic rings. The van der Waals surface area contributed by atoms with Gasteiger partial charge in [-0.15, -0.1) is 6.58 Å². The highest BCUT2D eigenvalue weighted by Gasteiger charge is 2.15. The molecule has 0 aliphatic heterocycles. The predicted octanol–water partition coefficient (Wildman–Crippen LogP) is 5.01. The van der Waals surface area contributed by atoms with E-state index >= 15 is 0 Å². The van der Waals surface area contributed by atoms with E-state index in [1.54, 1.807) is 17.7 Å². The number of rotatable bonds is 7. The fraction of sp³-hybridized carbons (Fsp3) is 0.154. The molecule has 0 fully saturated rings. The Bertz CT molecular complexity index is 1310. The molecule has 156 valence electrons. The Morgan fingerprint density at radius 3 is 2.58 bits per heavy atom. The van der Waals surface area contributed by atoms with Gasteiger partial charge in [0, 0.05) is 0 Å². The Morgan fingerprint density at radius 2 is 1.81 bits per heavy atom.